The summed E-state index contributed by atoms with van der Waals surface area (Å²) in [7, 11) is 3.34. The van der Waals surface area contributed by atoms with Crippen molar-refractivity contribution in [2.75, 3.05) is 33.9 Å². The molecule has 28 heavy (non-hydrogen) atoms. The van der Waals surface area contributed by atoms with Crippen molar-refractivity contribution >= 4 is 11.8 Å². The number of amides is 2. The molecule has 150 valence electrons. The standard InChI is InChI=1S/C21H27N3O4/c1-4-5-14-24(2)21(26)19-8-6-7-18(23-19)20(25)22-13-15-28-17-11-9-16(27-3)10-12-17/h6-12H,4-5,13-15H2,1-3H3,(H,22,25). The fourth-order valence-electron chi connectivity index (χ4n) is 2.47. The van der Waals surface area contributed by atoms with Crippen molar-refractivity contribution in [3.05, 3.63) is 53.9 Å². The minimum atomic E-state index is -0.343. The highest BCUT2D eigenvalue weighted by Crippen LogP contribution is 2.16. The lowest BCUT2D eigenvalue weighted by atomic mass is 10.2. The number of pyridine rings is 1. The van der Waals surface area contributed by atoms with E-state index in [-0.39, 0.29) is 23.2 Å². The van der Waals surface area contributed by atoms with Crippen LogP contribution in [0.2, 0.25) is 0 Å². The number of methoxy groups -OCH3 is 1. The predicted octanol–water partition coefficient (Wildman–Crippen LogP) is 2.77. The lowest BCUT2D eigenvalue weighted by Crippen LogP contribution is -2.31. The number of hydrogen-bond donors (Lipinski definition) is 1. The molecule has 0 bridgehead atoms. The van der Waals surface area contributed by atoms with Crippen molar-refractivity contribution in [2.24, 2.45) is 0 Å². The zero-order valence-corrected chi connectivity index (χ0v) is 16.6. The number of ether oxygens (including phenoxy) is 2. The minimum Gasteiger partial charge on any atom is -0.497 e. The number of nitrogens with zero attached hydrogens (tertiary/aromatic N) is 2. The second-order valence-corrected chi connectivity index (χ2v) is 6.27. The van der Waals surface area contributed by atoms with Gasteiger partial charge in [-0.3, -0.25) is 9.59 Å². The summed E-state index contributed by atoms with van der Waals surface area (Å²) in [4.78, 5) is 30.5. The third-order valence-electron chi connectivity index (χ3n) is 4.11. The molecular formula is C21H27N3O4. The fourth-order valence-corrected chi connectivity index (χ4v) is 2.47. The number of unbranched alkanes of at least 4 members (excludes halogenated alkanes) is 1. The van der Waals surface area contributed by atoms with Crippen LogP contribution in [0.25, 0.3) is 0 Å². The van der Waals surface area contributed by atoms with Crippen molar-refractivity contribution in [1.82, 2.24) is 15.2 Å². The van der Waals surface area contributed by atoms with Crippen LogP contribution in [-0.2, 0) is 0 Å². The number of carbonyl (C=O) groups excluding carboxylic acids is 2. The maximum Gasteiger partial charge on any atom is 0.272 e. The van der Waals surface area contributed by atoms with Gasteiger partial charge in [0.15, 0.2) is 0 Å². The first-order chi connectivity index (χ1) is 13.5. The van der Waals surface area contributed by atoms with E-state index in [1.807, 2.05) is 0 Å². The van der Waals surface area contributed by atoms with Crippen LogP contribution in [0.5, 0.6) is 11.5 Å². The molecule has 2 aromatic rings. The molecule has 0 aliphatic carbocycles. The Bertz CT molecular complexity index is 777. The van der Waals surface area contributed by atoms with Gasteiger partial charge in [0.05, 0.1) is 13.7 Å². The van der Waals surface area contributed by atoms with E-state index in [0.29, 0.717) is 25.4 Å². The first-order valence-corrected chi connectivity index (χ1v) is 9.32. The van der Waals surface area contributed by atoms with Gasteiger partial charge in [0.25, 0.3) is 11.8 Å². The summed E-state index contributed by atoms with van der Waals surface area (Å²) in [5.41, 5.74) is 0.472. The maximum absolute atomic E-state index is 12.4. The van der Waals surface area contributed by atoms with Gasteiger partial charge < -0.3 is 19.7 Å². The topological polar surface area (TPSA) is 80.8 Å². The highest BCUT2D eigenvalue weighted by molar-refractivity contribution is 5.96. The van der Waals surface area contributed by atoms with Crippen LogP contribution in [0.3, 0.4) is 0 Å². The second kappa shape index (κ2) is 10.9. The van der Waals surface area contributed by atoms with Gasteiger partial charge >= 0.3 is 0 Å². The molecule has 0 aliphatic heterocycles. The van der Waals surface area contributed by atoms with Crippen molar-refractivity contribution in [3.8, 4) is 11.5 Å². The van der Waals surface area contributed by atoms with Crippen molar-refractivity contribution in [3.63, 3.8) is 0 Å². The Kier molecular flexibility index (Phi) is 8.27. The van der Waals surface area contributed by atoms with Gasteiger partial charge in [-0.15, -0.1) is 0 Å². The third-order valence-corrected chi connectivity index (χ3v) is 4.11. The Labute approximate surface area is 165 Å². The average Bonchev–Trinajstić information content (AvgIpc) is 2.74. The molecule has 1 N–H and O–H groups in total. The van der Waals surface area contributed by atoms with Gasteiger partial charge in [0, 0.05) is 13.6 Å². The molecule has 1 heterocycles. The van der Waals surface area contributed by atoms with Crippen LogP contribution >= 0.6 is 0 Å². The van der Waals surface area contributed by atoms with Crippen molar-refractivity contribution in [1.29, 1.82) is 0 Å². The molecule has 2 amide bonds. The molecule has 0 saturated carbocycles. The predicted molar refractivity (Wildman–Crippen MR) is 107 cm³/mol. The summed E-state index contributed by atoms with van der Waals surface area (Å²) in [6, 6.07) is 12.1. The van der Waals surface area contributed by atoms with Crippen LogP contribution in [0, 0.1) is 0 Å². The normalized spacial score (nSPS) is 10.2. The number of nitrogens with one attached hydrogen (secondary N) is 1. The quantitative estimate of drug-likeness (QED) is 0.636. The van der Waals surface area contributed by atoms with Crippen LogP contribution in [-0.4, -0.2) is 55.6 Å². The molecule has 0 aliphatic rings. The van der Waals surface area contributed by atoms with Crippen LogP contribution in [0.4, 0.5) is 0 Å². The molecule has 2 rings (SSSR count). The zero-order chi connectivity index (χ0) is 20.4. The maximum atomic E-state index is 12.4. The summed E-state index contributed by atoms with van der Waals surface area (Å²) in [6.07, 6.45) is 1.93. The van der Waals surface area contributed by atoms with Gasteiger partial charge in [-0.1, -0.05) is 19.4 Å². The molecular weight excluding hydrogens is 358 g/mol. The first-order valence-electron chi connectivity index (χ1n) is 9.32. The van der Waals surface area contributed by atoms with E-state index < -0.39 is 0 Å². The van der Waals surface area contributed by atoms with Gasteiger partial charge in [0.2, 0.25) is 0 Å². The van der Waals surface area contributed by atoms with Crippen molar-refractivity contribution < 1.29 is 19.1 Å². The van der Waals surface area contributed by atoms with Gasteiger partial charge in [-0.25, -0.2) is 4.98 Å². The zero-order valence-electron chi connectivity index (χ0n) is 16.6. The SMILES string of the molecule is CCCCN(C)C(=O)c1cccc(C(=O)NCCOc2ccc(OC)cc2)n1. The highest BCUT2D eigenvalue weighted by Gasteiger charge is 2.15. The van der Waals surface area contributed by atoms with Gasteiger partial charge in [0.1, 0.15) is 29.5 Å². The van der Waals surface area contributed by atoms with E-state index in [1.54, 1.807) is 61.5 Å². The Balaban J connectivity index is 1.84. The van der Waals surface area contributed by atoms with Gasteiger partial charge in [-0.05, 0) is 42.8 Å². The summed E-state index contributed by atoms with van der Waals surface area (Å²) < 4.78 is 10.7. The number of aromatic nitrogens is 1. The number of rotatable bonds is 10. The minimum absolute atomic E-state index is 0.189. The largest absolute Gasteiger partial charge is 0.497 e. The third kappa shape index (κ3) is 6.26. The van der Waals surface area contributed by atoms with Crippen LogP contribution in [0.1, 0.15) is 40.7 Å². The molecule has 1 aromatic carbocycles. The van der Waals surface area contributed by atoms with E-state index in [2.05, 4.69) is 17.2 Å². The second-order valence-electron chi connectivity index (χ2n) is 6.27. The highest BCUT2D eigenvalue weighted by atomic mass is 16.5. The van der Waals surface area contributed by atoms with Crippen LogP contribution < -0.4 is 14.8 Å². The summed E-state index contributed by atoms with van der Waals surface area (Å²) >= 11 is 0. The Morgan fingerprint density at radius 1 is 1.07 bits per heavy atom. The molecule has 0 atom stereocenters. The Morgan fingerprint density at radius 3 is 2.43 bits per heavy atom. The molecule has 0 saturated heterocycles. The van der Waals surface area contributed by atoms with E-state index in [9.17, 15) is 9.59 Å². The average molecular weight is 385 g/mol. The summed E-state index contributed by atoms with van der Waals surface area (Å²) in [5.74, 6) is 0.910. The molecule has 0 spiro atoms. The number of hydrogen-bond acceptors (Lipinski definition) is 5. The summed E-state index contributed by atoms with van der Waals surface area (Å²) in [5, 5.41) is 2.75. The molecule has 0 unspecified atom stereocenters. The Morgan fingerprint density at radius 2 is 1.75 bits per heavy atom. The molecule has 7 heteroatoms. The fraction of sp³-hybridized carbons (Fsp3) is 0.381. The lowest BCUT2D eigenvalue weighted by Gasteiger charge is -2.16. The van der Waals surface area contributed by atoms with Crippen molar-refractivity contribution in [2.45, 2.75) is 19.8 Å². The van der Waals surface area contributed by atoms with E-state index in [4.69, 9.17) is 9.47 Å². The van der Waals surface area contributed by atoms with Gasteiger partial charge in [-0.2, -0.15) is 0 Å². The van der Waals surface area contributed by atoms with E-state index in [0.717, 1.165) is 18.6 Å². The number of benzene rings is 1. The molecule has 0 radical (unpaired) electrons. The van der Waals surface area contributed by atoms with Crippen LogP contribution in [0.15, 0.2) is 42.5 Å². The number of carbonyl (C=O) groups is 2. The monoisotopic (exact) mass is 385 g/mol. The summed E-state index contributed by atoms with van der Waals surface area (Å²) in [6.45, 7) is 3.37. The lowest BCUT2D eigenvalue weighted by molar-refractivity contribution is 0.0787. The molecule has 7 nitrogen and oxygen atoms in total. The molecule has 1 aromatic heterocycles. The smallest absolute Gasteiger partial charge is 0.272 e. The first kappa shape index (κ1) is 21.2. The van der Waals surface area contributed by atoms with E-state index >= 15 is 0 Å². The Hall–Kier alpha value is -3.09. The van der Waals surface area contributed by atoms with E-state index in [1.165, 1.54) is 0 Å². The molecule has 0 fully saturated rings.